The smallest absolute Gasteiger partial charge is 0.351 e. The van der Waals surface area contributed by atoms with Gasteiger partial charge in [0.25, 0.3) is 15.7 Å². The van der Waals surface area contributed by atoms with E-state index in [1.54, 1.807) is 12.1 Å². The van der Waals surface area contributed by atoms with Crippen LogP contribution < -0.4 is 0 Å². The molecule has 156 valence electrons. The molecule has 0 saturated carbocycles. The lowest BCUT2D eigenvalue weighted by molar-refractivity contribution is -0.385. The van der Waals surface area contributed by atoms with Crippen LogP contribution in [0.2, 0.25) is 0 Å². The summed E-state index contributed by atoms with van der Waals surface area (Å²) in [5.74, 6) is -2.74. The van der Waals surface area contributed by atoms with Crippen LogP contribution in [0.4, 0.5) is 26.3 Å². The second kappa shape index (κ2) is 9.31. The normalized spacial score (nSPS) is 13.9. The van der Waals surface area contributed by atoms with Crippen molar-refractivity contribution in [1.29, 1.82) is 0 Å². The Balaban J connectivity index is 3.02. The van der Waals surface area contributed by atoms with Gasteiger partial charge in [0.2, 0.25) is 0 Å². The Hall–Kier alpha value is 0.820. The molecule has 0 atom stereocenters. The van der Waals surface area contributed by atoms with E-state index in [-0.39, 0.29) is 6.61 Å². The maximum Gasteiger partial charge on any atom is 0.427 e. The van der Waals surface area contributed by atoms with Gasteiger partial charge in [-0.3, -0.25) is 4.55 Å². The van der Waals surface area contributed by atoms with E-state index in [0.29, 0.717) is 9.13 Å². The predicted molar refractivity (Wildman–Crippen MR) is 107 cm³/mol. The summed E-state index contributed by atoms with van der Waals surface area (Å²) in [7, 11) is -5.68. The topological polar surface area (TPSA) is 72.8 Å². The third-order valence-corrected chi connectivity index (χ3v) is 7.57. The number of alkyl halides is 6. The van der Waals surface area contributed by atoms with E-state index in [1.807, 2.05) is 67.8 Å². The second-order valence-electron chi connectivity index (χ2n) is 5.02. The molecule has 27 heavy (non-hydrogen) atoms. The molecule has 1 aromatic carbocycles. The maximum atomic E-state index is 13.0. The molecule has 0 radical (unpaired) electrons. The number of hydrogen-bond donors (Lipinski definition) is 1. The highest BCUT2D eigenvalue weighted by atomic mass is 127. The minimum atomic E-state index is -6.17. The van der Waals surface area contributed by atoms with E-state index in [1.165, 1.54) is 0 Å². The summed E-state index contributed by atoms with van der Waals surface area (Å²) in [5.41, 5.74) is -4.63. The summed E-state index contributed by atoms with van der Waals surface area (Å²) in [5, 5.41) is 0. The summed E-state index contributed by atoms with van der Waals surface area (Å²) in [6.07, 6.45) is -12.3. The van der Waals surface area contributed by atoms with Crippen LogP contribution >= 0.6 is 67.8 Å². The van der Waals surface area contributed by atoms with Crippen molar-refractivity contribution in [1.82, 2.24) is 0 Å². The molecule has 0 aliphatic heterocycles. The van der Waals surface area contributed by atoms with Crippen molar-refractivity contribution in [2.24, 2.45) is 0 Å². The van der Waals surface area contributed by atoms with Gasteiger partial charge in [-0.05, 0) is 85.5 Å². The summed E-state index contributed by atoms with van der Waals surface area (Å²) in [6, 6.07) is 3.41. The first-order valence-electron chi connectivity index (χ1n) is 6.44. The quantitative estimate of drug-likeness (QED) is 0.109. The van der Waals surface area contributed by atoms with Crippen molar-refractivity contribution in [2.45, 2.75) is 24.6 Å². The number of benzene rings is 1. The third kappa shape index (κ3) is 6.93. The lowest BCUT2D eigenvalue weighted by atomic mass is 10.1. The SMILES string of the molecule is O=S(=O)(O)CC(OCOCc1cc(I)cc(I)c1I)(C(F)(F)F)C(F)(F)F. The first kappa shape index (κ1) is 25.9. The van der Waals surface area contributed by atoms with Gasteiger partial charge >= 0.3 is 12.4 Å². The van der Waals surface area contributed by atoms with Crippen LogP contribution in [0, 0.1) is 10.7 Å². The predicted octanol–water partition coefficient (Wildman–Crippen LogP) is 4.74. The number of ether oxygens (including phenoxy) is 2. The van der Waals surface area contributed by atoms with E-state index in [0.717, 1.165) is 7.14 Å². The fraction of sp³-hybridized carbons (Fsp3) is 0.500. The average Bonchev–Trinajstić information content (AvgIpc) is 2.43. The minimum absolute atomic E-state index is 0.372. The van der Waals surface area contributed by atoms with Gasteiger partial charge in [-0.25, -0.2) is 0 Å². The highest BCUT2D eigenvalue weighted by Gasteiger charge is 2.74. The van der Waals surface area contributed by atoms with Gasteiger partial charge < -0.3 is 9.47 Å². The Morgan fingerprint density at radius 1 is 1.00 bits per heavy atom. The summed E-state index contributed by atoms with van der Waals surface area (Å²) < 4.78 is 119. The third-order valence-electron chi connectivity index (χ3n) is 3.02. The summed E-state index contributed by atoms with van der Waals surface area (Å²) in [4.78, 5) is 0. The highest BCUT2D eigenvalue weighted by Crippen LogP contribution is 2.46. The zero-order valence-corrected chi connectivity index (χ0v) is 20.0. The van der Waals surface area contributed by atoms with Crippen molar-refractivity contribution in [2.75, 3.05) is 12.5 Å². The van der Waals surface area contributed by atoms with Crippen LogP contribution in [-0.2, 0) is 26.2 Å². The Morgan fingerprint density at radius 2 is 1.52 bits per heavy atom. The van der Waals surface area contributed by atoms with Crippen LogP contribution in [0.1, 0.15) is 5.56 Å². The Morgan fingerprint density at radius 3 is 1.96 bits per heavy atom. The number of rotatable bonds is 7. The van der Waals surface area contributed by atoms with Gasteiger partial charge in [0.05, 0.1) is 6.61 Å². The molecule has 0 amide bonds. The van der Waals surface area contributed by atoms with Gasteiger partial charge in [-0.2, -0.15) is 34.8 Å². The fourth-order valence-electron chi connectivity index (χ4n) is 1.79. The molecule has 0 unspecified atom stereocenters. The van der Waals surface area contributed by atoms with Gasteiger partial charge in [0, 0.05) is 10.7 Å². The lowest BCUT2D eigenvalue weighted by Crippen LogP contribution is -2.62. The van der Waals surface area contributed by atoms with E-state index < -0.39 is 40.6 Å². The molecular formula is C12H9F6I3O5S. The van der Waals surface area contributed by atoms with E-state index in [9.17, 15) is 34.8 Å². The van der Waals surface area contributed by atoms with Crippen molar-refractivity contribution >= 4 is 77.9 Å². The first-order chi connectivity index (χ1) is 12.0. The molecule has 0 aliphatic carbocycles. The standard InChI is InChI=1S/C12H9F6I3O5S/c13-11(14,15)10(12(16,17)18,4-27(22,23)24)26-5-25-3-6-1-7(19)2-8(20)9(6)21/h1-2H,3-5H2,(H,22,23,24). The molecule has 1 N–H and O–H groups in total. The minimum Gasteiger partial charge on any atom is -0.351 e. The van der Waals surface area contributed by atoms with Crippen LogP contribution in [0.15, 0.2) is 12.1 Å². The molecule has 0 heterocycles. The van der Waals surface area contributed by atoms with Crippen molar-refractivity contribution in [3.63, 3.8) is 0 Å². The van der Waals surface area contributed by atoms with Crippen LogP contribution in [0.5, 0.6) is 0 Å². The number of hydrogen-bond acceptors (Lipinski definition) is 4. The van der Waals surface area contributed by atoms with Gasteiger partial charge in [0.1, 0.15) is 12.5 Å². The highest BCUT2D eigenvalue weighted by molar-refractivity contribution is 14.1. The summed E-state index contributed by atoms with van der Waals surface area (Å²) in [6.45, 7) is -1.88. The Labute approximate surface area is 190 Å². The molecule has 0 aromatic heterocycles. The molecule has 0 bridgehead atoms. The maximum absolute atomic E-state index is 13.0. The second-order valence-corrected chi connectivity index (χ2v) is 9.96. The van der Waals surface area contributed by atoms with Crippen molar-refractivity contribution in [3.05, 3.63) is 28.4 Å². The molecule has 5 nitrogen and oxygen atoms in total. The number of halogens is 9. The molecule has 0 saturated heterocycles. The summed E-state index contributed by atoms with van der Waals surface area (Å²) >= 11 is 5.89. The Kier molecular flexibility index (Phi) is 8.92. The molecular weight excluding hydrogens is 751 g/mol. The van der Waals surface area contributed by atoms with Gasteiger partial charge in [-0.1, -0.05) is 0 Å². The molecule has 0 fully saturated rings. The largest absolute Gasteiger partial charge is 0.427 e. The van der Waals surface area contributed by atoms with Crippen molar-refractivity contribution < 1.29 is 48.8 Å². The van der Waals surface area contributed by atoms with E-state index >= 15 is 0 Å². The molecule has 1 rings (SSSR count). The van der Waals surface area contributed by atoms with Crippen LogP contribution in [0.25, 0.3) is 0 Å². The zero-order chi connectivity index (χ0) is 21.3. The van der Waals surface area contributed by atoms with E-state index in [2.05, 4.69) is 4.74 Å². The van der Waals surface area contributed by atoms with E-state index in [4.69, 9.17) is 9.29 Å². The lowest BCUT2D eigenvalue weighted by Gasteiger charge is -2.35. The van der Waals surface area contributed by atoms with Crippen LogP contribution in [-0.4, -0.2) is 43.5 Å². The first-order valence-corrected chi connectivity index (χ1v) is 11.3. The monoisotopic (exact) mass is 760 g/mol. The Bertz CT molecular complexity index is 767. The fourth-order valence-corrected chi connectivity index (χ4v) is 5.15. The molecule has 0 spiro atoms. The van der Waals surface area contributed by atoms with Gasteiger partial charge in [0.15, 0.2) is 0 Å². The molecule has 0 aliphatic rings. The van der Waals surface area contributed by atoms with Crippen molar-refractivity contribution in [3.8, 4) is 0 Å². The van der Waals surface area contributed by atoms with Crippen LogP contribution in [0.3, 0.4) is 0 Å². The zero-order valence-electron chi connectivity index (χ0n) is 12.7. The van der Waals surface area contributed by atoms with Gasteiger partial charge in [-0.15, -0.1) is 0 Å². The molecule has 1 aromatic rings. The molecule has 15 heteroatoms. The average molecular weight is 760 g/mol.